The molecule has 3 N–H and O–H groups in total. The highest BCUT2D eigenvalue weighted by molar-refractivity contribution is 5.99. The first-order valence-corrected chi connectivity index (χ1v) is 7.56. The van der Waals surface area contributed by atoms with Crippen LogP contribution >= 0.6 is 0 Å². The first-order valence-electron chi connectivity index (χ1n) is 7.56. The van der Waals surface area contributed by atoms with Gasteiger partial charge >= 0.3 is 6.03 Å². The highest BCUT2D eigenvalue weighted by Gasteiger charge is 2.19. The van der Waals surface area contributed by atoms with Crippen LogP contribution < -0.4 is 20.7 Å². The smallest absolute Gasteiger partial charge is 0.319 e. The summed E-state index contributed by atoms with van der Waals surface area (Å²) in [6.07, 6.45) is 1.96. The number of carbonyl (C=O) groups excluding carboxylic acids is 2. The van der Waals surface area contributed by atoms with Crippen LogP contribution in [0.4, 0.5) is 16.2 Å². The Labute approximate surface area is 139 Å². The van der Waals surface area contributed by atoms with Crippen LogP contribution in [0.5, 0.6) is 5.88 Å². The number of pyridine rings is 1. The molecule has 7 nitrogen and oxygen atoms in total. The van der Waals surface area contributed by atoms with E-state index < -0.39 is 0 Å². The minimum atomic E-state index is -0.358. The molecule has 0 bridgehead atoms. The molecule has 3 amide bonds. The monoisotopic (exact) mass is 326 g/mol. The van der Waals surface area contributed by atoms with Gasteiger partial charge in [-0.05, 0) is 36.2 Å². The number of fused-ring (bicyclic) bond motifs is 1. The van der Waals surface area contributed by atoms with Crippen molar-refractivity contribution in [3.8, 4) is 5.88 Å². The van der Waals surface area contributed by atoms with Crippen LogP contribution in [0.3, 0.4) is 0 Å². The summed E-state index contributed by atoms with van der Waals surface area (Å²) in [5.74, 6) is 0.339. The third kappa shape index (κ3) is 3.29. The quantitative estimate of drug-likeness (QED) is 0.805. The molecule has 24 heavy (non-hydrogen) atoms. The molecular formula is C17H18N4O3. The van der Waals surface area contributed by atoms with Crippen LogP contribution in [0.15, 0.2) is 36.5 Å². The van der Waals surface area contributed by atoms with Crippen LogP contribution in [-0.2, 0) is 11.2 Å². The topological polar surface area (TPSA) is 92.3 Å². The van der Waals surface area contributed by atoms with Crippen LogP contribution in [0.25, 0.3) is 0 Å². The Morgan fingerprint density at radius 3 is 3.00 bits per heavy atom. The van der Waals surface area contributed by atoms with Gasteiger partial charge in [0.15, 0.2) is 0 Å². The molecule has 0 saturated carbocycles. The number of amides is 3. The van der Waals surface area contributed by atoms with E-state index in [1.807, 2.05) is 25.1 Å². The van der Waals surface area contributed by atoms with E-state index in [1.165, 1.54) is 7.11 Å². The minimum absolute atomic E-state index is 0.0100. The van der Waals surface area contributed by atoms with Gasteiger partial charge in [0.1, 0.15) is 5.69 Å². The zero-order valence-corrected chi connectivity index (χ0v) is 13.4. The summed E-state index contributed by atoms with van der Waals surface area (Å²) in [7, 11) is 1.49. The number of aromatic nitrogens is 1. The van der Waals surface area contributed by atoms with Crippen molar-refractivity contribution in [1.29, 1.82) is 0 Å². The fourth-order valence-electron chi connectivity index (χ4n) is 2.61. The van der Waals surface area contributed by atoms with Crippen molar-refractivity contribution < 1.29 is 14.3 Å². The van der Waals surface area contributed by atoms with E-state index in [-0.39, 0.29) is 18.0 Å². The van der Waals surface area contributed by atoms with Crippen molar-refractivity contribution in [3.63, 3.8) is 0 Å². The van der Waals surface area contributed by atoms with Crippen molar-refractivity contribution in [2.75, 3.05) is 17.7 Å². The van der Waals surface area contributed by atoms with Crippen molar-refractivity contribution in [3.05, 3.63) is 47.7 Å². The van der Waals surface area contributed by atoms with E-state index in [0.717, 1.165) is 16.8 Å². The molecule has 0 saturated heterocycles. The number of benzene rings is 1. The number of hydrogen-bond acceptors (Lipinski definition) is 4. The fourth-order valence-corrected chi connectivity index (χ4v) is 2.61. The molecule has 1 atom stereocenters. The van der Waals surface area contributed by atoms with Gasteiger partial charge in [0.05, 0.1) is 19.6 Å². The molecule has 124 valence electrons. The molecular weight excluding hydrogens is 308 g/mol. The zero-order chi connectivity index (χ0) is 17.1. The lowest BCUT2D eigenvalue weighted by atomic mass is 10.0. The standard InChI is InChI=1S/C17H18N4O3/c1-10(11-5-6-13-12(8-11)9-15(22)20-13)19-17(23)21-14-4-3-7-18-16(14)24-2/h3-8,10H,9H2,1-2H3,(H,20,22)(H2,19,21,23). The number of ether oxygens (including phenoxy) is 1. The summed E-state index contributed by atoms with van der Waals surface area (Å²) in [6, 6.07) is 8.53. The van der Waals surface area contributed by atoms with Crippen LogP contribution in [0.2, 0.25) is 0 Å². The van der Waals surface area contributed by atoms with Gasteiger partial charge in [-0.3, -0.25) is 4.79 Å². The molecule has 2 aromatic rings. The van der Waals surface area contributed by atoms with Gasteiger partial charge in [-0.25, -0.2) is 9.78 Å². The Morgan fingerprint density at radius 2 is 2.21 bits per heavy atom. The van der Waals surface area contributed by atoms with E-state index in [9.17, 15) is 9.59 Å². The Bertz CT molecular complexity index is 791. The van der Waals surface area contributed by atoms with Gasteiger partial charge in [0.25, 0.3) is 0 Å². The average Bonchev–Trinajstić information content (AvgIpc) is 2.94. The summed E-state index contributed by atoms with van der Waals surface area (Å²) < 4.78 is 5.10. The van der Waals surface area contributed by atoms with Crippen LogP contribution in [0, 0.1) is 0 Å². The maximum Gasteiger partial charge on any atom is 0.319 e. The Kier molecular flexibility index (Phi) is 4.33. The normalized spacial score (nSPS) is 13.7. The predicted molar refractivity (Wildman–Crippen MR) is 90.1 cm³/mol. The van der Waals surface area contributed by atoms with E-state index in [4.69, 9.17) is 4.74 Å². The van der Waals surface area contributed by atoms with Crippen molar-refractivity contribution in [1.82, 2.24) is 10.3 Å². The second-order valence-corrected chi connectivity index (χ2v) is 5.52. The average molecular weight is 326 g/mol. The molecule has 1 aromatic heterocycles. The van der Waals surface area contributed by atoms with Crippen molar-refractivity contribution >= 4 is 23.3 Å². The van der Waals surface area contributed by atoms with Crippen molar-refractivity contribution in [2.45, 2.75) is 19.4 Å². The maximum atomic E-state index is 12.2. The number of hydrogen-bond donors (Lipinski definition) is 3. The molecule has 0 radical (unpaired) electrons. The van der Waals surface area contributed by atoms with Crippen LogP contribution in [-0.4, -0.2) is 24.0 Å². The lowest BCUT2D eigenvalue weighted by molar-refractivity contribution is -0.115. The molecule has 1 unspecified atom stereocenters. The second kappa shape index (κ2) is 6.57. The lowest BCUT2D eigenvalue weighted by Crippen LogP contribution is -2.31. The summed E-state index contributed by atoms with van der Waals surface area (Å²) in [5, 5.41) is 8.37. The molecule has 1 aromatic carbocycles. The second-order valence-electron chi connectivity index (χ2n) is 5.52. The zero-order valence-electron chi connectivity index (χ0n) is 13.4. The summed E-state index contributed by atoms with van der Waals surface area (Å²) in [5.41, 5.74) is 3.20. The Morgan fingerprint density at radius 1 is 1.38 bits per heavy atom. The molecule has 1 aliphatic heterocycles. The molecule has 2 heterocycles. The highest BCUT2D eigenvalue weighted by atomic mass is 16.5. The fraction of sp³-hybridized carbons (Fsp3) is 0.235. The largest absolute Gasteiger partial charge is 0.480 e. The van der Waals surface area contributed by atoms with E-state index in [0.29, 0.717) is 18.0 Å². The van der Waals surface area contributed by atoms with E-state index in [2.05, 4.69) is 20.9 Å². The van der Waals surface area contributed by atoms with E-state index in [1.54, 1.807) is 18.3 Å². The van der Waals surface area contributed by atoms with E-state index >= 15 is 0 Å². The Balaban J connectivity index is 1.66. The third-order valence-corrected chi connectivity index (χ3v) is 3.81. The van der Waals surface area contributed by atoms with Gasteiger partial charge in [-0.2, -0.15) is 0 Å². The molecule has 0 fully saturated rings. The first kappa shape index (κ1) is 15.8. The number of urea groups is 1. The molecule has 1 aliphatic rings. The third-order valence-electron chi connectivity index (χ3n) is 3.81. The lowest BCUT2D eigenvalue weighted by Gasteiger charge is -2.16. The van der Waals surface area contributed by atoms with Gasteiger partial charge in [-0.1, -0.05) is 12.1 Å². The van der Waals surface area contributed by atoms with Gasteiger partial charge in [-0.15, -0.1) is 0 Å². The van der Waals surface area contributed by atoms with Crippen LogP contribution in [0.1, 0.15) is 24.1 Å². The van der Waals surface area contributed by atoms with Gasteiger partial charge in [0.2, 0.25) is 11.8 Å². The predicted octanol–water partition coefficient (Wildman–Crippen LogP) is 2.47. The molecule has 0 spiro atoms. The minimum Gasteiger partial charge on any atom is -0.480 e. The highest BCUT2D eigenvalue weighted by Crippen LogP contribution is 2.26. The maximum absolute atomic E-state index is 12.2. The van der Waals surface area contributed by atoms with Crippen molar-refractivity contribution in [2.24, 2.45) is 0 Å². The number of nitrogens with zero attached hydrogens (tertiary/aromatic N) is 1. The summed E-state index contributed by atoms with van der Waals surface area (Å²) in [4.78, 5) is 27.6. The molecule has 3 rings (SSSR count). The molecule has 0 aliphatic carbocycles. The summed E-state index contributed by atoms with van der Waals surface area (Å²) >= 11 is 0. The summed E-state index contributed by atoms with van der Waals surface area (Å²) in [6.45, 7) is 1.88. The van der Waals surface area contributed by atoms with Gasteiger partial charge < -0.3 is 20.7 Å². The number of anilines is 2. The first-order chi connectivity index (χ1) is 11.6. The number of nitrogens with one attached hydrogen (secondary N) is 3. The van der Waals surface area contributed by atoms with Gasteiger partial charge in [0, 0.05) is 11.9 Å². The molecule has 7 heteroatoms. The SMILES string of the molecule is COc1ncccc1NC(=O)NC(C)c1ccc2c(c1)CC(=O)N2. The number of methoxy groups -OCH3 is 1. The number of rotatable bonds is 4. The number of carbonyl (C=O) groups is 2. The Hall–Kier alpha value is -3.09.